The molecule has 114 valence electrons. The lowest BCUT2D eigenvalue weighted by Crippen LogP contribution is -2.33. The Balaban J connectivity index is 1.39. The zero-order valence-electron chi connectivity index (χ0n) is 12.3. The molecule has 2 N–H and O–H groups in total. The lowest BCUT2D eigenvalue weighted by molar-refractivity contribution is -0.122. The van der Waals surface area contributed by atoms with Gasteiger partial charge in [0.05, 0.1) is 0 Å². The molecule has 3 saturated carbocycles. The predicted octanol–water partition coefficient (Wildman–Crippen LogP) is 2.05. The van der Waals surface area contributed by atoms with Crippen molar-refractivity contribution in [3.8, 4) is 0 Å². The average Bonchev–Trinajstić information content (AvgIpc) is 2.82. The van der Waals surface area contributed by atoms with E-state index in [4.69, 9.17) is 12.2 Å². The van der Waals surface area contributed by atoms with Crippen LogP contribution in [0.15, 0.2) is 0 Å². The highest BCUT2D eigenvalue weighted by molar-refractivity contribution is 7.71. The molecule has 0 aliphatic heterocycles. The van der Waals surface area contributed by atoms with E-state index >= 15 is 0 Å². The lowest BCUT2D eigenvalue weighted by Gasteiger charge is -2.11. The summed E-state index contributed by atoms with van der Waals surface area (Å²) in [5.74, 6) is 4.30. The summed E-state index contributed by atoms with van der Waals surface area (Å²) in [5.41, 5.74) is 0. The molecule has 3 aliphatic carbocycles. The maximum absolute atomic E-state index is 12.3. The van der Waals surface area contributed by atoms with Crippen LogP contribution in [0.1, 0.15) is 38.4 Å². The summed E-state index contributed by atoms with van der Waals surface area (Å²) in [6.45, 7) is 2.40. The van der Waals surface area contributed by atoms with Gasteiger partial charge in [0, 0.05) is 12.5 Å². The average molecular weight is 306 g/mol. The van der Waals surface area contributed by atoms with E-state index in [1.165, 1.54) is 19.3 Å². The van der Waals surface area contributed by atoms with E-state index in [0.29, 0.717) is 17.4 Å². The van der Waals surface area contributed by atoms with Gasteiger partial charge in [-0.1, -0.05) is 6.92 Å². The number of aromatic nitrogens is 3. The highest BCUT2D eigenvalue weighted by atomic mass is 32.1. The van der Waals surface area contributed by atoms with Crippen LogP contribution >= 0.6 is 12.2 Å². The predicted molar refractivity (Wildman–Crippen MR) is 81.1 cm³/mol. The van der Waals surface area contributed by atoms with E-state index in [0.717, 1.165) is 42.3 Å². The van der Waals surface area contributed by atoms with Crippen LogP contribution < -0.4 is 5.32 Å². The Morgan fingerprint density at radius 3 is 2.81 bits per heavy atom. The van der Waals surface area contributed by atoms with Crippen molar-refractivity contribution in [1.82, 2.24) is 20.1 Å². The summed E-state index contributed by atoms with van der Waals surface area (Å²) in [7, 11) is 0. The summed E-state index contributed by atoms with van der Waals surface area (Å²) in [6, 6.07) is 0.444. The number of carbonyl (C=O) groups is 1. The second-order valence-corrected chi connectivity index (χ2v) is 7.25. The zero-order chi connectivity index (χ0) is 14.6. The second kappa shape index (κ2) is 4.93. The molecule has 1 aromatic rings. The molecule has 3 fully saturated rings. The van der Waals surface area contributed by atoms with Gasteiger partial charge in [-0.3, -0.25) is 14.5 Å². The number of nitrogens with zero attached hydrogens (tertiary/aromatic N) is 2. The number of H-pyrrole nitrogens is 1. The van der Waals surface area contributed by atoms with Crippen molar-refractivity contribution in [2.75, 3.05) is 0 Å². The van der Waals surface area contributed by atoms with Gasteiger partial charge in [-0.2, -0.15) is 5.10 Å². The van der Waals surface area contributed by atoms with E-state index in [1.54, 1.807) is 0 Å². The Hall–Kier alpha value is -1.17. The smallest absolute Gasteiger partial charge is 0.240 e. The Bertz CT molecular complexity index is 605. The van der Waals surface area contributed by atoms with E-state index in [1.807, 2.05) is 4.57 Å². The standard InChI is InChI=1S/C15H22N4OS/c1-2-3-10-17-18-15(21)19(10)7-11(20)16-14-12-8-4-5-9(6-8)13(12)14/h8-9,12-14H,2-7H2,1H3,(H,16,20)(H,18,21)/t8-,9-,12-,13-/m0/s1. The number of rotatable bonds is 5. The molecule has 1 amide bonds. The number of aryl methyl sites for hydroxylation is 1. The molecule has 6 heteroatoms. The molecule has 0 spiro atoms. The number of aromatic amines is 1. The van der Waals surface area contributed by atoms with Crippen molar-refractivity contribution in [2.45, 2.75) is 51.6 Å². The van der Waals surface area contributed by atoms with E-state index in [-0.39, 0.29) is 5.91 Å². The lowest BCUT2D eigenvalue weighted by atomic mass is 10.0. The molecule has 0 radical (unpaired) electrons. The minimum Gasteiger partial charge on any atom is -0.351 e. The normalized spacial score (nSPS) is 35.8. The molecule has 21 heavy (non-hydrogen) atoms. The largest absolute Gasteiger partial charge is 0.351 e. The van der Waals surface area contributed by atoms with Gasteiger partial charge in [0.2, 0.25) is 5.91 Å². The van der Waals surface area contributed by atoms with Crippen molar-refractivity contribution >= 4 is 18.1 Å². The van der Waals surface area contributed by atoms with Gasteiger partial charge in [-0.05, 0) is 61.6 Å². The molecule has 4 atom stereocenters. The monoisotopic (exact) mass is 306 g/mol. The van der Waals surface area contributed by atoms with Crippen LogP contribution in [0.4, 0.5) is 0 Å². The molecule has 5 nitrogen and oxygen atoms in total. The number of hydrogen-bond donors (Lipinski definition) is 2. The van der Waals surface area contributed by atoms with Crippen molar-refractivity contribution in [3.63, 3.8) is 0 Å². The number of amides is 1. The molecular formula is C15H22N4OS. The molecular weight excluding hydrogens is 284 g/mol. The molecule has 0 aromatic carbocycles. The molecule has 2 bridgehead atoms. The first-order valence-electron chi connectivity index (χ1n) is 8.12. The molecule has 3 aliphatic rings. The topological polar surface area (TPSA) is 62.7 Å². The Kier molecular flexibility index (Phi) is 3.17. The Morgan fingerprint density at radius 2 is 2.14 bits per heavy atom. The third-order valence-corrected chi connectivity index (χ3v) is 5.99. The zero-order valence-corrected chi connectivity index (χ0v) is 13.2. The van der Waals surface area contributed by atoms with Crippen LogP contribution in [0.2, 0.25) is 0 Å². The highest BCUT2D eigenvalue weighted by Crippen LogP contribution is 2.65. The first kappa shape index (κ1) is 13.5. The van der Waals surface area contributed by atoms with Gasteiger partial charge in [-0.15, -0.1) is 0 Å². The third kappa shape index (κ3) is 2.15. The maximum atomic E-state index is 12.3. The number of fused-ring (bicyclic) bond motifs is 5. The van der Waals surface area contributed by atoms with Gasteiger partial charge < -0.3 is 5.32 Å². The van der Waals surface area contributed by atoms with E-state index < -0.39 is 0 Å². The fraction of sp³-hybridized carbons (Fsp3) is 0.800. The van der Waals surface area contributed by atoms with Crippen molar-refractivity contribution < 1.29 is 4.79 Å². The maximum Gasteiger partial charge on any atom is 0.240 e. The number of nitrogens with one attached hydrogen (secondary N) is 2. The van der Waals surface area contributed by atoms with E-state index in [2.05, 4.69) is 22.4 Å². The molecule has 0 saturated heterocycles. The van der Waals surface area contributed by atoms with Crippen LogP contribution in [-0.2, 0) is 17.8 Å². The van der Waals surface area contributed by atoms with Gasteiger partial charge in [-0.25, -0.2) is 0 Å². The van der Waals surface area contributed by atoms with Crippen molar-refractivity contribution in [1.29, 1.82) is 0 Å². The van der Waals surface area contributed by atoms with Gasteiger partial charge in [0.25, 0.3) is 0 Å². The van der Waals surface area contributed by atoms with Gasteiger partial charge in [0.1, 0.15) is 12.4 Å². The summed E-state index contributed by atoms with van der Waals surface area (Å²) < 4.78 is 2.38. The Labute approximate surface area is 129 Å². The van der Waals surface area contributed by atoms with Crippen LogP contribution in [0.5, 0.6) is 0 Å². The molecule has 1 aromatic heterocycles. The first-order chi connectivity index (χ1) is 10.2. The minimum atomic E-state index is 0.0867. The van der Waals surface area contributed by atoms with Crippen molar-refractivity contribution in [3.05, 3.63) is 10.6 Å². The Morgan fingerprint density at radius 1 is 1.43 bits per heavy atom. The summed E-state index contributed by atoms with van der Waals surface area (Å²) in [4.78, 5) is 12.3. The number of carbonyl (C=O) groups excluding carboxylic acids is 1. The van der Waals surface area contributed by atoms with E-state index in [9.17, 15) is 4.79 Å². The fourth-order valence-electron chi connectivity index (χ4n) is 4.82. The minimum absolute atomic E-state index is 0.0867. The van der Waals surface area contributed by atoms with Gasteiger partial charge in [0.15, 0.2) is 4.77 Å². The highest BCUT2D eigenvalue weighted by Gasteiger charge is 2.65. The quantitative estimate of drug-likeness (QED) is 0.819. The van der Waals surface area contributed by atoms with Gasteiger partial charge >= 0.3 is 0 Å². The summed E-state index contributed by atoms with van der Waals surface area (Å²) >= 11 is 5.23. The second-order valence-electron chi connectivity index (χ2n) is 6.86. The van der Waals surface area contributed by atoms with Crippen molar-refractivity contribution in [2.24, 2.45) is 23.7 Å². The van der Waals surface area contributed by atoms with Crippen LogP contribution in [0.3, 0.4) is 0 Å². The molecule has 1 heterocycles. The SMILES string of the molecule is CCCc1n[nH]c(=S)n1CC(=O)NC1[C@H]2[C@H]3CC[C@@H](C3)[C@H]12. The van der Waals surface area contributed by atoms with Crippen LogP contribution in [0, 0.1) is 28.4 Å². The third-order valence-electron chi connectivity index (χ3n) is 5.68. The van der Waals surface area contributed by atoms with Crippen LogP contribution in [0.25, 0.3) is 0 Å². The molecule has 4 rings (SSSR count). The summed E-state index contributed by atoms with van der Waals surface area (Å²) in [6.07, 6.45) is 6.02. The fourth-order valence-corrected chi connectivity index (χ4v) is 5.04. The number of hydrogen-bond acceptors (Lipinski definition) is 3. The molecule has 0 unspecified atom stereocenters. The summed E-state index contributed by atoms with van der Waals surface area (Å²) in [5, 5.41) is 10.3. The first-order valence-corrected chi connectivity index (χ1v) is 8.53. The van der Waals surface area contributed by atoms with Crippen LogP contribution in [-0.4, -0.2) is 26.7 Å².